The zero-order chi connectivity index (χ0) is 15.7. The molecule has 22 heavy (non-hydrogen) atoms. The summed E-state index contributed by atoms with van der Waals surface area (Å²) in [6.45, 7) is 5.00. The van der Waals surface area contributed by atoms with Gasteiger partial charge in [-0.25, -0.2) is 0 Å². The van der Waals surface area contributed by atoms with Gasteiger partial charge in [0.25, 0.3) is 0 Å². The van der Waals surface area contributed by atoms with Gasteiger partial charge >= 0.3 is 0 Å². The van der Waals surface area contributed by atoms with Gasteiger partial charge in [-0.2, -0.15) is 0 Å². The van der Waals surface area contributed by atoms with Gasteiger partial charge in [-0.15, -0.1) is 12.4 Å². The molecule has 0 aliphatic heterocycles. The molecule has 0 aromatic heterocycles. The fourth-order valence-corrected chi connectivity index (χ4v) is 2.29. The van der Waals surface area contributed by atoms with Crippen molar-refractivity contribution in [2.75, 3.05) is 13.2 Å². The highest BCUT2D eigenvalue weighted by Crippen LogP contribution is 2.23. The molecule has 0 saturated heterocycles. The lowest BCUT2D eigenvalue weighted by atomic mass is 9.92. The SMILES string of the molecule is CCC(CC)(CN)NC(=O)CCCOc1ccccc1Cl.Cl. The van der Waals surface area contributed by atoms with Crippen LogP contribution in [0.5, 0.6) is 5.75 Å². The maximum absolute atomic E-state index is 12.0. The van der Waals surface area contributed by atoms with Crippen molar-refractivity contribution in [1.29, 1.82) is 0 Å². The fourth-order valence-electron chi connectivity index (χ4n) is 2.10. The van der Waals surface area contributed by atoms with Crippen LogP contribution < -0.4 is 15.8 Å². The summed E-state index contributed by atoms with van der Waals surface area (Å²) >= 11 is 5.99. The number of nitrogens with one attached hydrogen (secondary N) is 1. The zero-order valence-electron chi connectivity index (χ0n) is 13.2. The minimum atomic E-state index is -0.277. The van der Waals surface area contributed by atoms with Gasteiger partial charge in [-0.05, 0) is 31.4 Å². The molecule has 0 saturated carbocycles. The van der Waals surface area contributed by atoms with Gasteiger partial charge in [-0.1, -0.05) is 37.6 Å². The van der Waals surface area contributed by atoms with E-state index in [0.717, 1.165) is 12.8 Å². The maximum Gasteiger partial charge on any atom is 0.220 e. The normalized spacial score (nSPS) is 10.7. The molecule has 0 unspecified atom stereocenters. The predicted molar refractivity (Wildman–Crippen MR) is 93.9 cm³/mol. The Labute approximate surface area is 144 Å². The van der Waals surface area contributed by atoms with Gasteiger partial charge < -0.3 is 15.8 Å². The Balaban J connectivity index is 0.00000441. The van der Waals surface area contributed by atoms with E-state index in [1.807, 2.05) is 32.0 Å². The number of carbonyl (C=O) groups is 1. The first-order valence-electron chi connectivity index (χ1n) is 7.45. The lowest BCUT2D eigenvalue weighted by Gasteiger charge is -2.31. The summed E-state index contributed by atoms with van der Waals surface area (Å²) in [4.78, 5) is 12.0. The summed E-state index contributed by atoms with van der Waals surface area (Å²) in [7, 11) is 0. The number of halogens is 2. The third-order valence-electron chi connectivity index (χ3n) is 3.79. The first kappa shape index (κ1) is 21.0. The number of ether oxygens (including phenoxy) is 1. The second kappa shape index (κ2) is 10.7. The molecule has 0 aliphatic carbocycles. The minimum absolute atomic E-state index is 0. The first-order chi connectivity index (χ1) is 10.1. The van der Waals surface area contributed by atoms with E-state index in [0.29, 0.717) is 36.8 Å². The number of carbonyl (C=O) groups excluding carboxylic acids is 1. The number of nitrogens with two attached hydrogens (primary N) is 1. The average molecular weight is 349 g/mol. The van der Waals surface area contributed by atoms with Gasteiger partial charge in [0, 0.05) is 13.0 Å². The van der Waals surface area contributed by atoms with E-state index in [4.69, 9.17) is 22.1 Å². The quantitative estimate of drug-likeness (QED) is 0.670. The van der Waals surface area contributed by atoms with Crippen LogP contribution in [0.15, 0.2) is 24.3 Å². The van der Waals surface area contributed by atoms with Crippen LogP contribution in [0.25, 0.3) is 0 Å². The molecule has 0 radical (unpaired) electrons. The third-order valence-corrected chi connectivity index (χ3v) is 4.10. The number of rotatable bonds is 9. The second-order valence-electron chi connectivity index (χ2n) is 5.12. The summed E-state index contributed by atoms with van der Waals surface area (Å²) < 4.78 is 5.56. The molecule has 1 rings (SSSR count). The zero-order valence-corrected chi connectivity index (χ0v) is 14.8. The molecule has 1 amide bonds. The number of para-hydroxylation sites is 1. The lowest BCUT2D eigenvalue weighted by Crippen LogP contribution is -2.52. The van der Waals surface area contributed by atoms with Crippen molar-refractivity contribution < 1.29 is 9.53 Å². The van der Waals surface area contributed by atoms with Gasteiger partial charge in [0.1, 0.15) is 5.75 Å². The fraction of sp³-hybridized carbons (Fsp3) is 0.562. The molecular formula is C16H26Cl2N2O2. The first-order valence-corrected chi connectivity index (χ1v) is 7.83. The highest BCUT2D eigenvalue weighted by Gasteiger charge is 2.25. The van der Waals surface area contributed by atoms with Crippen molar-refractivity contribution in [1.82, 2.24) is 5.32 Å². The van der Waals surface area contributed by atoms with Gasteiger partial charge in [0.15, 0.2) is 0 Å². The van der Waals surface area contributed by atoms with Crippen molar-refractivity contribution in [3.8, 4) is 5.75 Å². The minimum Gasteiger partial charge on any atom is -0.492 e. The molecule has 0 bridgehead atoms. The molecule has 0 fully saturated rings. The highest BCUT2D eigenvalue weighted by molar-refractivity contribution is 6.32. The molecule has 0 heterocycles. The second-order valence-corrected chi connectivity index (χ2v) is 5.53. The summed E-state index contributed by atoms with van der Waals surface area (Å²) in [6, 6.07) is 7.31. The molecule has 126 valence electrons. The number of hydrogen-bond acceptors (Lipinski definition) is 3. The molecule has 1 aromatic rings. The highest BCUT2D eigenvalue weighted by atomic mass is 35.5. The monoisotopic (exact) mass is 348 g/mol. The predicted octanol–water partition coefficient (Wildman–Crippen LogP) is 3.55. The van der Waals surface area contributed by atoms with Crippen LogP contribution in [0, 0.1) is 0 Å². The standard InChI is InChI=1S/C16H25ClN2O2.ClH/c1-3-16(4-2,12-18)19-15(20)10-7-11-21-14-9-6-5-8-13(14)17;/h5-6,8-9H,3-4,7,10-12,18H2,1-2H3,(H,19,20);1H. The topological polar surface area (TPSA) is 64.3 Å². The molecule has 4 nitrogen and oxygen atoms in total. The Kier molecular flexibility index (Phi) is 10.2. The largest absolute Gasteiger partial charge is 0.492 e. The number of benzene rings is 1. The van der Waals surface area contributed by atoms with Gasteiger partial charge in [0.2, 0.25) is 5.91 Å². The number of hydrogen-bond donors (Lipinski definition) is 2. The third kappa shape index (κ3) is 6.42. The van der Waals surface area contributed by atoms with Crippen molar-refractivity contribution >= 4 is 29.9 Å². The maximum atomic E-state index is 12.0. The Morgan fingerprint density at radius 3 is 2.50 bits per heavy atom. The Hall–Kier alpha value is -0.970. The van der Waals surface area contributed by atoms with Crippen molar-refractivity contribution in [3.05, 3.63) is 29.3 Å². The average Bonchev–Trinajstić information content (AvgIpc) is 2.51. The van der Waals surface area contributed by atoms with Crippen molar-refractivity contribution in [3.63, 3.8) is 0 Å². The molecule has 6 heteroatoms. The van der Waals surface area contributed by atoms with Crippen LogP contribution in [0.4, 0.5) is 0 Å². The van der Waals surface area contributed by atoms with Crippen LogP contribution >= 0.6 is 24.0 Å². The van der Waals surface area contributed by atoms with E-state index in [9.17, 15) is 4.79 Å². The van der Waals surface area contributed by atoms with Gasteiger partial charge in [0.05, 0.1) is 17.2 Å². The van der Waals surface area contributed by atoms with E-state index in [-0.39, 0.29) is 23.9 Å². The Bertz CT molecular complexity index is 443. The van der Waals surface area contributed by atoms with Gasteiger partial charge in [-0.3, -0.25) is 4.79 Å². The molecular weight excluding hydrogens is 323 g/mol. The Morgan fingerprint density at radius 2 is 1.95 bits per heavy atom. The van der Waals surface area contributed by atoms with Crippen LogP contribution in [-0.2, 0) is 4.79 Å². The Morgan fingerprint density at radius 1 is 1.32 bits per heavy atom. The van der Waals surface area contributed by atoms with Crippen LogP contribution in [0.3, 0.4) is 0 Å². The summed E-state index contributed by atoms with van der Waals surface area (Å²) in [5, 5.41) is 3.63. The van der Waals surface area contributed by atoms with E-state index >= 15 is 0 Å². The summed E-state index contributed by atoms with van der Waals surface area (Å²) in [5.74, 6) is 0.671. The van der Waals surface area contributed by atoms with E-state index in [1.54, 1.807) is 6.07 Å². The van der Waals surface area contributed by atoms with E-state index in [2.05, 4.69) is 5.32 Å². The summed E-state index contributed by atoms with van der Waals surface area (Å²) in [5.41, 5.74) is 5.49. The van der Waals surface area contributed by atoms with Crippen molar-refractivity contribution in [2.45, 2.75) is 45.1 Å². The lowest BCUT2D eigenvalue weighted by molar-refractivity contribution is -0.123. The molecule has 0 spiro atoms. The molecule has 0 atom stereocenters. The van der Waals surface area contributed by atoms with Crippen LogP contribution in [-0.4, -0.2) is 24.6 Å². The van der Waals surface area contributed by atoms with Crippen LogP contribution in [0.2, 0.25) is 5.02 Å². The molecule has 1 aromatic carbocycles. The number of amides is 1. The molecule has 3 N–H and O–H groups in total. The smallest absolute Gasteiger partial charge is 0.220 e. The van der Waals surface area contributed by atoms with E-state index in [1.165, 1.54) is 0 Å². The van der Waals surface area contributed by atoms with Crippen molar-refractivity contribution in [2.24, 2.45) is 5.73 Å². The van der Waals surface area contributed by atoms with Crippen LogP contribution in [0.1, 0.15) is 39.5 Å². The van der Waals surface area contributed by atoms with E-state index < -0.39 is 0 Å². The summed E-state index contributed by atoms with van der Waals surface area (Å²) in [6.07, 6.45) is 2.74. The molecule has 0 aliphatic rings.